The van der Waals surface area contributed by atoms with Crippen molar-refractivity contribution in [3.63, 3.8) is 0 Å². The zero-order chi connectivity index (χ0) is 14.7. The van der Waals surface area contributed by atoms with Crippen molar-refractivity contribution >= 4 is 29.0 Å². The van der Waals surface area contributed by atoms with Gasteiger partial charge < -0.3 is 10.2 Å². The third-order valence-electron chi connectivity index (χ3n) is 2.90. The summed E-state index contributed by atoms with van der Waals surface area (Å²) < 4.78 is 0. The van der Waals surface area contributed by atoms with Gasteiger partial charge in [-0.15, -0.1) is 0 Å². The fourth-order valence-electron chi connectivity index (χ4n) is 1.96. The molecule has 0 spiro atoms. The van der Waals surface area contributed by atoms with Gasteiger partial charge in [-0.2, -0.15) is 0 Å². The highest BCUT2D eigenvalue weighted by Gasteiger charge is 2.09. The highest BCUT2D eigenvalue weighted by molar-refractivity contribution is 6.30. The summed E-state index contributed by atoms with van der Waals surface area (Å²) in [5.41, 5.74) is 2.72. The van der Waals surface area contributed by atoms with Crippen LogP contribution in [0, 0.1) is 6.92 Å². The van der Waals surface area contributed by atoms with E-state index in [2.05, 4.69) is 10.3 Å². The molecule has 0 aliphatic rings. The van der Waals surface area contributed by atoms with Crippen molar-refractivity contribution in [1.82, 2.24) is 4.98 Å². The van der Waals surface area contributed by atoms with E-state index in [1.165, 1.54) is 0 Å². The van der Waals surface area contributed by atoms with E-state index in [1.807, 2.05) is 38.1 Å². The molecule has 1 aromatic heterocycles. The van der Waals surface area contributed by atoms with Gasteiger partial charge in [0.25, 0.3) is 5.91 Å². The Morgan fingerprint density at radius 1 is 1.25 bits per heavy atom. The number of carbonyl (C=O) groups excluding carboxylic acids is 1. The Kier molecular flexibility index (Phi) is 4.25. The summed E-state index contributed by atoms with van der Waals surface area (Å²) in [5, 5.41) is 3.26. The van der Waals surface area contributed by atoms with Crippen molar-refractivity contribution in [2.75, 3.05) is 24.3 Å². The molecule has 0 aliphatic heterocycles. The molecule has 0 radical (unpaired) electrons. The molecule has 1 amide bonds. The van der Waals surface area contributed by atoms with Gasteiger partial charge in [0.2, 0.25) is 0 Å². The van der Waals surface area contributed by atoms with Crippen LogP contribution in [0.25, 0.3) is 0 Å². The highest BCUT2D eigenvalue weighted by Crippen LogP contribution is 2.20. The van der Waals surface area contributed by atoms with Crippen LogP contribution in [0.2, 0.25) is 5.02 Å². The van der Waals surface area contributed by atoms with Crippen molar-refractivity contribution in [1.29, 1.82) is 0 Å². The fourth-order valence-corrected chi connectivity index (χ4v) is 2.12. The second-order valence-corrected chi connectivity index (χ2v) is 5.15. The van der Waals surface area contributed by atoms with E-state index < -0.39 is 0 Å². The second kappa shape index (κ2) is 5.92. The van der Waals surface area contributed by atoms with Gasteiger partial charge in [0.15, 0.2) is 0 Å². The van der Waals surface area contributed by atoms with Crippen LogP contribution in [0.1, 0.15) is 15.9 Å². The first kappa shape index (κ1) is 14.3. The summed E-state index contributed by atoms with van der Waals surface area (Å²) in [6, 6.07) is 8.85. The van der Waals surface area contributed by atoms with Crippen molar-refractivity contribution in [3.8, 4) is 0 Å². The molecule has 0 saturated heterocycles. The van der Waals surface area contributed by atoms with Gasteiger partial charge in [0.1, 0.15) is 5.82 Å². The van der Waals surface area contributed by atoms with Crippen LogP contribution in [0.3, 0.4) is 0 Å². The van der Waals surface area contributed by atoms with Crippen molar-refractivity contribution in [3.05, 3.63) is 52.7 Å². The minimum Gasteiger partial charge on any atom is -0.377 e. The number of nitrogens with one attached hydrogen (secondary N) is 1. The molecule has 1 heterocycles. The third-order valence-corrected chi connectivity index (χ3v) is 3.14. The molecular formula is C15H16ClN3O. The normalized spacial score (nSPS) is 10.2. The number of hydrogen-bond donors (Lipinski definition) is 1. The van der Waals surface area contributed by atoms with E-state index in [-0.39, 0.29) is 5.91 Å². The van der Waals surface area contributed by atoms with E-state index in [9.17, 15) is 4.79 Å². The molecule has 2 rings (SSSR count). The number of nitrogens with zero attached hydrogens (tertiary/aromatic N) is 2. The maximum absolute atomic E-state index is 12.2. The molecule has 0 saturated carbocycles. The lowest BCUT2D eigenvalue weighted by Gasteiger charge is -2.16. The number of pyridine rings is 1. The molecule has 0 unspecified atom stereocenters. The molecule has 5 heteroatoms. The van der Waals surface area contributed by atoms with Gasteiger partial charge in [-0.25, -0.2) is 4.98 Å². The van der Waals surface area contributed by atoms with E-state index in [1.54, 1.807) is 24.4 Å². The van der Waals surface area contributed by atoms with Gasteiger partial charge >= 0.3 is 0 Å². The lowest BCUT2D eigenvalue weighted by molar-refractivity contribution is 0.102. The van der Waals surface area contributed by atoms with Gasteiger partial charge in [-0.3, -0.25) is 4.79 Å². The Balaban J connectivity index is 2.19. The quantitative estimate of drug-likeness (QED) is 0.942. The Morgan fingerprint density at radius 2 is 2.00 bits per heavy atom. The van der Waals surface area contributed by atoms with E-state index >= 15 is 0 Å². The van der Waals surface area contributed by atoms with Gasteiger partial charge in [-0.05, 0) is 42.8 Å². The maximum atomic E-state index is 12.2. The largest absolute Gasteiger partial charge is 0.377 e. The van der Waals surface area contributed by atoms with Crippen LogP contribution >= 0.6 is 11.6 Å². The average Bonchev–Trinajstić information content (AvgIpc) is 2.38. The molecule has 4 nitrogen and oxygen atoms in total. The molecule has 0 bridgehead atoms. The summed E-state index contributed by atoms with van der Waals surface area (Å²) >= 11 is 5.86. The number of amides is 1. The summed E-state index contributed by atoms with van der Waals surface area (Å²) in [7, 11) is 3.94. The third kappa shape index (κ3) is 3.27. The summed E-state index contributed by atoms with van der Waals surface area (Å²) in [5.74, 6) is 0.241. The number of halogens is 1. The topological polar surface area (TPSA) is 45.2 Å². The first-order valence-electron chi connectivity index (χ1n) is 6.18. The lowest BCUT2D eigenvalue weighted by Crippen LogP contribution is -2.15. The first-order valence-corrected chi connectivity index (χ1v) is 6.56. The van der Waals surface area contributed by atoms with Gasteiger partial charge in [0, 0.05) is 36.6 Å². The Labute approximate surface area is 123 Å². The Hall–Kier alpha value is -2.07. The highest BCUT2D eigenvalue weighted by atomic mass is 35.5. The van der Waals surface area contributed by atoms with Crippen LogP contribution in [-0.4, -0.2) is 25.0 Å². The zero-order valence-corrected chi connectivity index (χ0v) is 12.4. The smallest absolute Gasteiger partial charge is 0.256 e. The van der Waals surface area contributed by atoms with Crippen LogP contribution in [0.4, 0.5) is 11.5 Å². The number of hydrogen-bond acceptors (Lipinski definition) is 3. The van der Waals surface area contributed by atoms with Crippen molar-refractivity contribution in [2.45, 2.75) is 6.92 Å². The summed E-state index contributed by atoms with van der Waals surface area (Å²) in [4.78, 5) is 18.2. The molecule has 0 atom stereocenters. The molecular weight excluding hydrogens is 274 g/mol. The second-order valence-electron chi connectivity index (χ2n) is 4.71. The van der Waals surface area contributed by atoms with Crippen LogP contribution in [-0.2, 0) is 0 Å². The molecule has 0 aliphatic carbocycles. The minimum atomic E-state index is -0.201. The maximum Gasteiger partial charge on any atom is 0.256 e. The number of aromatic nitrogens is 1. The monoisotopic (exact) mass is 289 g/mol. The van der Waals surface area contributed by atoms with Crippen LogP contribution in [0.5, 0.6) is 0 Å². The molecule has 104 valence electrons. The van der Waals surface area contributed by atoms with E-state index in [4.69, 9.17) is 11.6 Å². The fraction of sp³-hybridized carbons (Fsp3) is 0.200. The first-order chi connectivity index (χ1) is 9.47. The van der Waals surface area contributed by atoms with E-state index in [0.29, 0.717) is 16.4 Å². The standard InChI is InChI=1S/C15H16ClN3O/c1-10-8-11(4-5-13(10)19(2)3)15(20)18-14-9-12(16)6-7-17-14/h4-9H,1-3H3,(H,17,18,20). The van der Waals surface area contributed by atoms with Gasteiger partial charge in [0.05, 0.1) is 0 Å². The lowest BCUT2D eigenvalue weighted by atomic mass is 10.1. The SMILES string of the molecule is Cc1cc(C(=O)Nc2cc(Cl)ccn2)ccc1N(C)C. The molecule has 1 aromatic carbocycles. The van der Waals surface area contributed by atoms with Gasteiger partial charge in [-0.1, -0.05) is 11.6 Å². The Bertz CT molecular complexity index is 641. The van der Waals surface area contributed by atoms with Crippen LogP contribution in [0.15, 0.2) is 36.5 Å². The molecule has 0 fully saturated rings. The number of rotatable bonds is 3. The van der Waals surface area contributed by atoms with E-state index in [0.717, 1.165) is 11.3 Å². The molecule has 20 heavy (non-hydrogen) atoms. The number of carbonyl (C=O) groups is 1. The molecule has 2 aromatic rings. The Morgan fingerprint density at radius 3 is 2.60 bits per heavy atom. The number of anilines is 2. The van der Waals surface area contributed by atoms with Crippen LogP contribution < -0.4 is 10.2 Å². The summed E-state index contributed by atoms with van der Waals surface area (Å²) in [6.45, 7) is 1.98. The minimum absolute atomic E-state index is 0.201. The van der Waals surface area contributed by atoms with Crippen molar-refractivity contribution in [2.24, 2.45) is 0 Å². The summed E-state index contributed by atoms with van der Waals surface area (Å²) in [6.07, 6.45) is 1.55. The predicted molar refractivity (Wildman–Crippen MR) is 82.7 cm³/mol. The average molecular weight is 290 g/mol. The molecule has 1 N–H and O–H groups in total. The zero-order valence-electron chi connectivity index (χ0n) is 11.6. The predicted octanol–water partition coefficient (Wildman–Crippen LogP) is 3.36. The number of benzene rings is 1. The number of aryl methyl sites for hydroxylation is 1. The van der Waals surface area contributed by atoms with Crippen molar-refractivity contribution < 1.29 is 4.79 Å².